The summed E-state index contributed by atoms with van der Waals surface area (Å²) in [6, 6.07) is 7.58. The van der Waals surface area contributed by atoms with E-state index in [1.54, 1.807) is 0 Å². The van der Waals surface area contributed by atoms with Crippen molar-refractivity contribution in [3.8, 4) is 6.07 Å². The Bertz CT molecular complexity index is 707. The zero-order valence-corrected chi connectivity index (χ0v) is 16.7. The lowest BCUT2D eigenvalue weighted by Crippen LogP contribution is -2.38. The Labute approximate surface area is 157 Å². The predicted octanol–water partition coefficient (Wildman–Crippen LogP) is 2.90. The number of nitrogens with one attached hydrogen (secondary N) is 1. The molecule has 0 unspecified atom stereocenters. The molecule has 0 saturated carbocycles. The van der Waals surface area contributed by atoms with Crippen LogP contribution in [0.4, 0.5) is 0 Å². The molecule has 0 atom stereocenters. The third kappa shape index (κ3) is 7.54. The predicted molar refractivity (Wildman–Crippen MR) is 102 cm³/mol. The molecule has 0 fully saturated rings. The van der Waals surface area contributed by atoms with Crippen LogP contribution in [0.15, 0.2) is 29.2 Å². The highest BCUT2D eigenvalue weighted by atomic mass is 32.2. The molecule has 1 amide bonds. The molecule has 0 aromatic heterocycles. The number of rotatable bonds is 11. The van der Waals surface area contributed by atoms with E-state index in [4.69, 9.17) is 5.26 Å². The van der Waals surface area contributed by atoms with Crippen molar-refractivity contribution >= 4 is 15.9 Å². The summed E-state index contributed by atoms with van der Waals surface area (Å²) in [6.07, 6.45) is 5.55. The van der Waals surface area contributed by atoms with Crippen LogP contribution in [0.25, 0.3) is 0 Å². The summed E-state index contributed by atoms with van der Waals surface area (Å²) >= 11 is 0. The van der Waals surface area contributed by atoms with Crippen molar-refractivity contribution < 1.29 is 13.2 Å². The van der Waals surface area contributed by atoms with E-state index in [0.29, 0.717) is 12.1 Å². The number of hydrogen-bond acceptors (Lipinski definition) is 4. The minimum Gasteiger partial charge on any atom is -0.355 e. The number of unbranched alkanes of at least 4 members (excludes halogenated alkanes) is 3. The largest absolute Gasteiger partial charge is 0.355 e. The van der Waals surface area contributed by atoms with E-state index in [1.807, 2.05) is 6.07 Å². The van der Waals surface area contributed by atoms with E-state index >= 15 is 0 Å². The smallest absolute Gasteiger partial charge is 0.243 e. The van der Waals surface area contributed by atoms with Gasteiger partial charge < -0.3 is 5.32 Å². The third-order valence-corrected chi connectivity index (χ3v) is 5.91. The van der Waals surface area contributed by atoms with Crippen molar-refractivity contribution in [2.24, 2.45) is 5.92 Å². The Hall–Kier alpha value is -1.91. The summed E-state index contributed by atoms with van der Waals surface area (Å²) in [5.41, 5.74) is 0.387. The number of carbonyl (C=O) groups is 1. The molecule has 1 rings (SSSR count). The van der Waals surface area contributed by atoms with Crippen molar-refractivity contribution in [3.63, 3.8) is 0 Å². The van der Waals surface area contributed by atoms with Crippen LogP contribution < -0.4 is 5.32 Å². The lowest BCUT2D eigenvalue weighted by atomic mass is 10.0. The van der Waals surface area contributed by atoms with Gasteiger partial charge in [0.1, 0.15) is 0 Å². The highest BCUT2D eigenvalue weighted by molar-refractivity contribution is 7.89. The second kappa shape index (κ2) is 10.9. The van der Waals surface area contributed by atoms with Crippen molar-refractivity contribution in [3.05, 3.63) is 29.8 Å². The normalized spacial score (nSPS) is 11.5. The summed E-state index contributed by atoms with van der Waals surface area (Å²) in [7, 11) is -2.37. The first-order valence-corrected chi connectivity index (χ1v) is 10.4. The fourth-order valence-electron chi connectivity index (χ4n) is 2.48. The maximum absolute atomic E-state index is 12.4. The summed E-state index contributed by atoms with van der Waals surface area (Å²) < 4.78 is 25.9. The maximum Gasteiger partial charge on any atom is 0.243 e. The third-order valence-electron chi connectivity index (χ3n) is 4.09. The van der Waals surface area contributed by atoms with Gasteiger partial charge in [-0.25, -0.2) is 8.42 Å². The SMILES string of the molecule is CC(C)CCCCCCNC(=O)CN(C)S(=O)(=O)c1ccc(C#N)cc1. The van der Waals surface area contributed by atoms with Crippen LogP contribution in [-0.2, 0) is 14.8 Å². The monoisotopic (exact) mass is 379 g/mol. The second-order valence-corrected chi connectivity index (χ2v) is 8.89. The van der Waals surface area contributed by atoms with Gasteiger partial charge in [-0.3, -0.25) is 4.79 Å². The molecule has 0 bridgehead atoms. The van der Waals surface area contributed by atoms with Gasteiger partial charge in [0.05, 0.1) is 23.1 Å². The zero-order valence-electron chi connectivity index (χ0n) is 15.9. The van der Waals surface area contributed by atoms with E-state index in [2.05, 4.69) is 19.2 Å². The molecule has 0 radical (unpaired) electrons. The van der Waals surface area contributed by atoms with Gasteiger partial charge in [-0.1, -0.05) is 39.5 Å². The number of nitrogens with zero attached hydrogens (tertiary/aromatic N) is 2. The van der Waals surface area contributed by atoms with Crippen LogP contribution in [0.2, 0.25) is 0 Å². The Kier molecular flexibility index (Phi) is 9.31. The molecule has 0 aliphatic heterocycles. The lowest BCUT2D eigenvalue weighted by Gasteiger charge is -2.17. The summed E-state index contributed by atoms with van der Waals surface area (Å²) in [6.45, 7) is 4.76. The molecule has 0 aliphatic carbocycles. The van der Waals surface area contributed by atoms with Gasteiger partial charge in [-0.05, 0) is 36.6 Å². The van der Waals surface area contributed by atoms with Crippen LogP contribution in [0.3, 0.4) is 0 Å². The quantitative estimate of drug-likeness (QED) is 0.599. The number of amides is 1. The van der Waals surface area contributed by atoms with Crippen molar-refractivity contribution in [1.29, 1.82) is 5.26 Å². The van der Waals surface area contributed by atoms with Gasteiger partial charge in [-0.2, -0.15) is 9.57 Å². The number of benzene rings is 1. The summed E-state index contributed by atoms with van der Waals surface area (Å²) in [4.78, 5) is 12.0. The van der Waals surface area contributed by atoms with Crippen LogP contribution in [0.5, 0.6) is 0 Å². The summed E-state index contributed by atoms with van der Waals surface area (Å²) in [5.74, 6) is 0.412. The molecule has 6 nitrogen and oxygen atoms in total. The van der Waals surface area contributed by atoms with Gasteiger partial charge in [-0.15, -0.1) is 0 Å². The van der Waals surface area contributed by atoms with Crippen molar-refractivity contribution in [1.82, 2.24) is 9.62 Å². The Morgan fingerprint density at radius 3 is 2.35 bits per heavy atom. The van der Waals surface area contributed by atoms with Crippen LogP contribution in [-0.4, -0.2) is 38.8 Å². The molecule has 144 valence electrons. The fourth-order valence-corrected chi connectivity index (χ4v) is 3.61. The highest BCUT2D eigenvalue weighted by Crippen LogP contribution is 2.14. The van der Waals surface area contributed by atoms with Gasteiger partial charge in [0.25, 0.3) is 0 Å². The van der Waals surface area contributed by atoms with Crippen molar-refractivity contribution in [2.75, 3.05) is 20.1 Å². The molecule has 0 heterocycles. The molecule has 0 saturated heterocycles. The average molecular weight is 380 g/mol. The van der Waals surface area contributed by atoms with E-state index in [1.165, 1.54) is 44.2 Å². The minimum absolute atomic E-state index is 0.0666. The van der Waals surface area contributed by atoms with Gasteiger partial charge in [0.2, 0.25) is 15.9 Å². The number of carbonyl (C=O) groups excluding carboxylic acids is 1. The number of hydrogen-bond donors (Lipinski definition) is 1. The lowest BCUT2D eigenvalue weighted by molar-refractivity contribution is -0.121. The number of likely N-dealkylation sites (N-methyl/N-ethyl adjacent to an activating group) is 1. The molecule has 0 aliphatic rings. The topological polar surface area (TPSA) is 90.3 Å². The van der Waals surface area contributed by atoms with Gasteiger partial charge in [0.15, 0.2) is 0 Å². The molecule has 1 N–H and O–H groups in total. The van der Waals surface area contributed by atoms with Crippen molar-refractivity contribution in [2.45, 2.75) is 50.8 Å². The number of nitriles is 1. The first-order valence-electron chi connectivity index (χ1n) is 9.00. The Morgan fingerprint density at radius 1 is 1.15 bits per heavy atom. The fraction of sp³-hybridized carbons (Fsp3) is 0.579. The molecule has 7 heteroatoms. The Balaban J connectivity index is 2.37. The Morgan fingerprint density at radius 2 is 1.77 bits per heavy atom. The molecule has 0 spiro atoms. The molecular weight excluding hydrogens is 350 g/mol. The standard InChI is InChI=1S/C19H29N3O3S/c1-16(2)8-6-4-5-7-13-21-19(23)15-22(3)26(24,25)18-11-9-17(14-20)10-12-18/h9-12,16H,4-8,13,15H2,1-3H3,(H,21,23). The minimum atomic E-state index is -3.75. The zero-order chi connectivity index (χ0) is 19.6. The van der Waals surface area contributed by atoms with Crippen LogP contribution in [0, 0.1) is 17.2 Å². The number of sulfonamides is 1. The van der Waals surface area contributed by atoms with Crippen LogP contribution in [0.1, 0.15) is 51.5 Å². The average Bonchev–Trinajstić information content (AvgIpc) is 2.60. The van der Waals surface area contributed by atoms with E-state index < -0.39 is 10.0 Å². The molecule has 26 heavy (non-hydrogen) atoms. The van der Waals surface area contributed by atoms with E-state index in [0.717, 1.165) is 29.5 Å². The maximum atomic E-state index is 12.4. The van der Waals surface area contributed by atoms with E-state index in [-0.39, 0.29) is 17.3 Å². The van der Waals surface area contributed by atoms with E-state index in [9.17, 15) is 13.2 Å². The summed E-state index contributed by atoms with van der Waals surface area (Å²) in [5, 5.41) is 11.5. The van der Waals surface area contributed by atoms with Gasteiger partial charge >= 0.3 is 0 Å². The first-order chi connectivity index (χ1) is 12.3. The van der Waals surface area contributed by atoms with Crippen LogP contribution >= 0.6 is 0 Å². The molecular formula is C19H29N3O3S. The highest BCUT2D eigenvalue weighted by Gasteiger charge is 2.22. The molecule has 1 aromatic rings. The first kappa shape index (κ1) is 22.1. The second-order valence-electron chi connectivity index (χ2n) is 6.84. The molecule has 1 aromatic carbocycles. The van der Waals surface area contributed by atoms with Gasteiger partial charge in [0, 0.05) is 13.6 Å².